The van der Waals surface area contributed by atoms with Crippen molar-refractivity contribution in [2.75, 3.05) is 24.4 Å². The summed E-state index contributed by atoms with van der Waals surface area (Å²) in [5.41, 5.74) is 1.70. The number of carbonyl (C=O) groups excluding carboxylic acids is 2. The Hall–Kier alpha value is -3.65. The van der Waals surface area contributed by atoms with Gasteiger partial charge in [-0.3, -0.25) is 9.52 Å². The van der Waals surface area contributed by atoms with Crippen LogP contribution in [0.4, 0.5) is 5.69 Å². The van der Waals surface area contributed by atoms with Crippen molar-refractivity contribution in [3.05, 3.63) is 96.1 Å². The number of sulfonamides is 1. The number of piperidine rings is 1. The lowest BCUT2D eigenvalue weighted by Crippen LogP contribution is -2.41. The van der Waals surface area contributed by atoms with Gasteiger partial charge in [-0.2, -0.15) is 0 Å². The molecule has 1 aliphatic heterocycles. The van der Waals surface area contributed by atoms with Crippen LogP contribution in [0.1, 0.15) is 28.8 Å². The highest BCUT2D eigenvalue weighted by atomic mass is 32.2. The molecule has 0 radical (unpaired) electrons. The third-order valence-corrected chi connectivity index (χ3v) is 7.46. The van der Waals surface area contributed by atoms with Crippen molar-refractivity contribution < 1.29 is 22.7 Å². The second-order valence-corrected chi connectivity index (χ2v) is 10.3. The van der Waals surface area contributed by atoms with Crippen molar-refractivity contribution in [3.63, 3.8) is 0 Å². The highest BCUT2D eigenvalue weighted by Gasteiger charge is 2.24. The smallest absolute Gasteiger partial charge is 0.338 e. The number of anilines is 1. The number of amides is 1. The fourth-order valence-corrected chi connectivity index (χ4v) is 5.23. The molecule has 3 aromatic carbocycles. The lowest BCUT2D eigenvalue weighted by Gasteiger charge is -2.32. The minimum Gasteiger partial charge on any atom is -0.452 e. The van der Waals surface area contributed by atoms with Crippen LogP contribution in [0.5, 0.6) is 0 Å². The molecule has 1 aliphatic rings. The van der Waals surface area contributed by atoms with Gasteiger partial charge in [-0.1, -0.05) is 54.6 Å². The molecular formula is C27H28N2O5S. The Bertz CT molecular complexity index is 1250. The molecule has 35 heavy (non-hydrogen) atoms. The zero-order valence-electron chi connectivity index (χ0n) is 19.3. The van der Waals surface area contributed by atoms with E-state index >= 15 is 0 Å². The number of benzene rings is 3. The van der Waals surface area contributed by atoms with E-state index in [0.29, 0.717) is 19.0 Å². The minimum atomic E-state index is -3.78. The first-order valence-electron chi connectivity index (χ1n) is 11.6. The molecule has 1 N–H and O–H groups in total. The van der Waals surface area contributed by atoms with Crippen LogP contribution in [0, 0.1) is 5.92 Å². The molecule has 0 unspecified atom stereocenters. The highest BCUT2D eigenvalue weighted by Crippen LogP contribution is 2.22. The van der Waals surface area contributed by atoms with E-state index in [9.17, 15) is 18.0 Å². The Kier molecular flexibility index (Phi) is 7.82. The van der Waals surface area contributed by atoms with E-state index in [0.717, 1.165) is 19.3 Å². The number of esters is 1. The van der Waals surface area contributed by atoms with Gasteiger partial charge < -0.3 is 9.64 Å². The maximum Gasteiger partial charge on any atom is 0.338 e. The zero-order valence-corrected chi connectivity index (χ0v) is 20.1. The summed E-state index contributed by atoms with van der Waals surface area (Å²) >= 11 is 0. The summed E-state index contributed by atoms with van der Waals surface area (Å²) < 4.78 is 32.7. The van der Waals surface area contributed by atoms with Crippen molar-refractivity contribution in [2.24, 2.45) is 5.92 Å². The molecule has 8 heteroatoms. The molecule has 0 saturated carbocycles. The predicted molar refractivity (Wildman–Crippen MR) is 133 cm³/mol. The molecule has 4 rings (SSSR count). The van der Waals surface area contributed by atoms with Crippen LogP contribution in [0.25, 0.3) is 0 Å². The number of nitrogens with zero attached hydrogens (tertiary/aromatic N) is 1. The van der Waals surface area contributed by atoms with Crippen molar-refractivity contribution in [2.45, 2.75) is 24.2 Å². The number of likely N-dealkylation sites (tertiary alicyclic amines) is 1. The number of ether oxygens (including phenoxy) is 1. The summed E-state index contributed by atoms with van der Waals surface area (Å²) in [6.45, 7) is 0.942. The molecular weight excluding hydrogens is 464 g/mol. The average Bonchev–Trinajstić information content (AvgIpc) is 2.88. The Labute approximate surface area is 205 Å². The fourth-order valence-electron chi connectivity index (χ4n) is 4.16. The molecule has 0 aliphatic carbocycles. The molecule has 182 valence electrons. The average molecular weight is 493 g/mol. The van der Waals surface area contributed by atoms with E-state index in [4.69, 9.17) is 4.74 Å². The van der Waals surface area contributed by atoms with Crippen LogP contribution in [0.3, 0.4) is 0 Å². The Morgan fingerprint density at radius 3 is 2.23 bits per heavy atom. The molecule has 0 bridgehead atoms. The van der Waals surface area contributed by atoms with Gasteiger partial charge in [0.1, 0.15) is 0 Å². The van der Waals surface area contributed by atoms with Gasteiger partial charge in [0.25, 0.3) is 15.9 Å². The van der Waals surface area contributed by atoms with Crippen LogP contribution in [0.15, 0.2) is 89.8 Å². The molecule has 1 heterocycles. The minimum absolute atomic E-state index is 0.117. The van der Waals surface area contributed by atoms with Gasteiger partial charge in [0, 0.05) is 18.8 Å². The van der Waals surface area contributed by atoms with Crippen LogP contribution >= 0.6 is 0 Å². The summed E-state index contributed by atoms with van der Waals surface area (Å²) in [6, 6.07) is 24.3. The largest absolute Gasteiger partial charge is 0.452 e. The number of carbonyl (C=O) groups is 2. The van der Waals surface area contributed by atoms with Crippen molar-refractivity contribution >= 4 is 27.6 Å². The maximum absolute atomic E-state index is 12.6. The van der Waals surface area contributed by atoms with Gasteiger partial charge in [-0.05, 0) is 61.1 Å². The quantitative estimate of drug-likeness (QED) is 0.478. The SMILES string of the molecule is O=C(OCC(=O)N1CCC(Cc2ccccc2)CC1)c1cccc(NS(=O)(=O)c2ccccc2)c1. The van der Waals surface area contributed by atoms with E-state index in [1.807, 2.05) is 18.2 Å². The zero-order chi connectivity index (χ0) is 24.7. The van der Waals surface area contributed by atoms with Crippen molar-refractivity contribution in [1.29, 1.82) is 0 Å². The van der Waals surface area contributed by atoms with Gasteiger partial charge >= 0.3 is 5.97 Å². The number of rotatable bonds is 8. The predicted octanol–water partition coefficient (Wildman–Crippen LogP) is 4.13. The van der Waals surface area contributed by atoms with E-state index < -0.39 is 16.0 Å². The monoisotopic (exact) mass is 492 g/mol. The van der Waals surface area contributed by atoms with Gasteiger partial charge in [-0.25, -0.2) is 13.2 Å². The summed E-state index contributed by atoms with van der Waals surface area (Å²) in [7, 11) is -3.78. The van der Waals surface area contributed by atoms with Gasteiger partial charge in [0.15, 0.2) is 6.61 Å². The first-order valence-corrected chi connectivity index (χ1v) is 13.1. The third kappa shape index (κ3) is 6.70. The van der Waals surface area contributed by atoms with E-state index in [-0.39, 0.29) is 28.7 Å². The van der Waals surface area contributed by atoms with E-state index in [1.165, 1.54) is 29.8 Å². The van der Waals surface area contributed by atoms with Crippen LogP contribution in [0.2, 0.25) is 0 Å². The molecule has 0 spiro atoms. The van der Waals surface area contributed by atoms with E-state index in [1.54, 1.807) is 35.2 Å². The Balaban J connectivity index is 1.27. The number of hydrogen-bond acceptors (Lipinski definition) is 5. The number of hydrogen-bond donors (Lipinski definition) is 1. The first kappa shape index (κ1) is 24.5. The number of nitrogens with one attached hydrogen (secondary N) is 1. The Morgan fingerprint density at radius 2 is 1.54 bits per heavy atom. The normalized spacial score (nSPS) is 14.3. The summed E-state index contributed by atoms with van der Waals surface area (Å²) in [5.74, 6) is -0.373. The molecule has 3 aromatic rings. The topological polar surface area (TPSA) is 92.8 Å². The van der Waals surface area contributed by atoms with Crippen LogP contribution < -0.4 is 4.72 Å². The van der Waals surface area contributed by atoms with Crippen molar-refractivity contribution in [3.8, 4) is 0 Å². The first-order chi connectivity index (χ1) is 16.9. The summed E-state index contributed by atoms with van der Waals surface area (Å²) in [4.78, 5) is 26.9. The summed E-state index contributed by atoms with van der Waals surface area (Å²) in [6.07, 6.45) is 2.83. The highest BCUT2D eigenvalue weighted by molar-refractivity contribution is 7.92. The van der Waals surface area contributed by atoms with Crippen LogP contribution in [-0.2, 0) is 26.0 Å². The molecule has 7 nitrogen and oxygen atoms in total. The second-order valence-electron chi connectivity index (χ2n) is 8.59. The lowest BCUT2D eigenvalue weighted by atomic mass is 9.90. The molecule has 1 saturated heterocycles. The Morgan fingerprint density at radius 1 is 0.886 bits per heavy atom. The third-order valence-electron chi connectivity index (χ3n) is 6.07. The molecule has 0 aromatic heterocycles. The van der Waals surface area contributed by atoms with Gasteiger partial charge in [0.05, 0.1) is 10.5 Å². The van der Waals surface area contributed by atoms with Crippen LogP contribution in [-0.4, -0.2) is 44.9 Å². The molecule has 1 fully saturated rings. The maximum atomic E-state index is 12.6. The molecule has 0 atom stereocenters. The van der Waals surface area contributed by atoms with Gasteiger partial charge in [-0.15, -0.1) is 0 Å². The van der Waals surface area contributed by atoms with Gasteiger partial charge in [0.2, 0.25) is 0 Å². The van der Waals surface area contributed by atoms with E-state index in [2.05, 4.69) is 16.9 Å². The fraction of sp³-hybridized carbons (Fsp3) is 0.259. The lowest BCUT2D eigenvalue weighted by molar-refractivity contribution is -0.135. The second kappa shape index (κ2) is 11.2. The summed E-state index contributed by atoms with van der Waals surface area (Å²) in [5, 5.41) is 0. The standard InChI is InChI=1S/C27H28N2O5S/c30-26(29-16-14-22(15-17-29)18-21-8-3-1-4-9-21)20-34-27(31)23-10-7-11-24(19-23)28-35(32,33)25-12-5-2-6-13-25/h1-13,19,22,28H,14-18,20H2. The molecule has 1 amide bonds. The van der Waals surface area contributed by atoms with Crippen molar-refractivity contribution in [1.82, 2.24) is 4.90 Å².